The van der Waals surface area contributed by atoms with E-state index in [0.29, 0.717) is 31.7 Å². The van der Waals surface area contributed by atoms with E-state index in [-0.39, 0.29) is 17.1 Å². The van der Waals surface area contributed by atoms with Crippen LogP contribution in [0.3, 0.4) is 0 Å². The highest BCUT2D eigenvalue weighted by Gasteiger charge is 2.13. The number of hydrogen-bond donors (Lipinski definition) is 1. The van der Waals surface area contributed by atoms with Gasteiger partial charge in [0.15, 0.2) is 0 Å². The van der Waals surface area contributed by atoms with Crippen molar-refractivity contribution in [3.63, 3.8) is 0 Å². The fraction of sp³-hybridized carbons (Fsp3) is 0.846. The molecule has 0 rings (SSSR count). The lowest BCUT2D eigenvalue weighted by atomic mass is 9.97. The van der Waals surface area contributed by atoms with Crippen LogP contribution >= 0.6 is 0 Å². The molecule has 0 fully saturated rings. The van der Waals surface area contributed by atoms with Gasteiger partial charge < -0.3 is 5.32 Å². The van der Waals surface area contributed by atoms with Crippen LogP contribution in [0.2, 0.25) is 0 Å². The molecule has 3 nitrogen and oxygen atoms in total. The summed E-state index contributed by atoms with van der Waals surface area (Å²) < 4.78 is 0. The Morgan fingerprint density at radius 1 is 1.12 bits per heavy atom. The van der Waals surface area contributed by atoms with Crippen molar-refractivity contribution in [3.8, 4) is 0 Å². The number of rotatable bonds is 6. The number of hydrogen-bond acceptors (Lipinski definition) is 2. The lowest BCUT2D eigenvalue weighted by molar-refractivity contribution is -0.126. The first-order valence-electron chi connectivity index (χ1n) is 5.99. The van der Waals surface area contributed by atoms with Gasteiger partial charge in [-0.1, -0.05) is 34.6 Å². The van der Waals surface area contributed by atoms with Gasteiger partial charge in [-0.05, 0) is 11.3 Å². The minimum absolute atomic E-state index is 0.0213. The first-order chi connectivity index (χ1) is 7.20. The highest BCUT2D eigenvalue weighted by atomic mass is 16.2. The van der Waals surface area contributed by atoms with Gasteiger partial charge in [-0.15, -0.1) is 0 Å². The first kappa shape index (κ1) is 15.1. The molecule has 0 saturated heterocycles. The summed E-state index contributed by atoms with van der Waals surface area (Å²) in [6.45, 7) is 10.9. The van der Waals surface area contributed by atoms with E-state index in [0.717, 1.165) is 0 Å². The van der Waals surface area contributed by atoms with Gasteiger partial charge in [0, 0.05) is 25.8 Å². The van der Waals surface area contributed by atoms with Gasteiger partial charge in [-0.3, -0.25) is 9.59 Å². The highest BCUT2D eigenvalue weighted by Crippen LogP contribution is 2.10. The third-order valence-electron chi connectivity index (χ3n) is 2.08. The molecule has 0 spiro atoms. The van der Waals surface area contributed by atoms with E-state index < -0.39 is 0 Å². The summed E-state index contributed by atoms with van der Waals surface area (Å²) in [5.41, 5.74) is 0.0948. The van der Waals surface area contributed by atoms with Gasteiger partial charge in [-0.25, -0.2) is 0 Å². The van der Waals surface area contributed by atoms with Gasteiger partial charge in [0.05, 0.1) is 0 Å². The van der Waals surface area contributed by atoms with Crippen molar-refractivity contribution in [2.24, 2.45) is 11.3 Å². The van der Waals surface area contributed by atoms with Crippen LogP contribution in [-0.2, 0) is 9.59 Å². The highest BCUT2D eigenvalue weighted by molar-refractivity contribution is 5.84. The SMILES string of the molecule is CC(C)CC(=O)CCC(=O)NCC(C)(C)C. The zero-order valence-electron chi connectivity index (χ0n) is 11.2. The fourth-order valence-electron chi connectivity index (χ4n) is 1.26. The van der Waals surface area contributed by atoms with Gasteiger partial charge >= 0.3 is 0 Å². The summed E-state index contributed by atoms with van der Waals surface area (Å²) in [4.78, 5) is 22.8. The van der Waals surface area contributed by atoms with Crippen molar-refractivity contribution in [1.82, 2.24) is 5.32 Å². The molecule has 0 heterocycles. The predicted octanol–water partition coefficient (Wildman–Crippen LogP) is 2.54. The van der Waals surface area contributed by atoms with E-state index in [9.17, 15) is 9.59 Å². The standard InChI is InChI=1S/C13H25NO2/c1-10(2)8-11(15)6-7-12(16)14-9-13(3,4)5/h10H,6-9H2,1-5H3,(H,14,16). The molecular formula is C13H25NO2. The molecule has 0 aliphatic rings. The molecule has 0 aromatic heterocycles. The normalized spacial score (nSPS) is 11.6. The second-order valence-electron chi connectivity index (χ2n) is 5.97. The summed E-state index contributed by atoms with van der Waals surface area (Å²) in [7, 11) is 0. The quantitative estimate of drug-likeness (QED) is 0.758. The summed E-state index contributed by atoms with van der Waals surface area (Å²) in [6, 6.07) is 0. The van der Waals surface area contributed by atoms with Gasteiger partial charge in [-0.2, -0.15) is 0 Å². The molecule has 0 aliphatic heterocycles. The van der Waals surface area contributed by atoms with E-state index in [1.54, 1.807) is 0 Å². The molecule has 0 aromatic rings. The van der Waals surface area contributed by atoms with Crippen LogP contribution in [0, 0.1) is 11.3 Å². The maximum Gasteiger partial charge on any atom is 0.220 e. The molecule has 0 bridgehead atoms. The minimum Gasteiger partial charge on any atom is -0.356 e. The van der Waals surface area contributed by atoms with Crippen molar-refractivity contribution in [3.05, 3.63) is 0 Å². The van der Waals surface area contributed by atoms with Crippen LogP contribution in [0.25, 0.3) is 0 Å². The van der Waals surface area contributed by atoms with Crippen LogP contribution in [0.15, 0.2) is 0 Å². The first-order valence-corrected chi connectivity index (χ1v) is 5.99. The fourth-order valence-corrected chi connectivity index (χ4v) is 1.26. The molecule has 94 valence electrons. The zero-order valence-corrected chi connectivity index (χ0v) is 11.2. The summed E-state index contributed by atoms with van der Waals surface area (Å²) in [5.74, 6) is 0.540. The minimum atomic E-state index is -0.0213. The van der Waals surface area contributed by atoms with E-state index in [1.807, 2.05) is 13.8 Å². The topological polar surface area (TPSA) is 46.2 Å². The maximum absolute atomic E-state index is 11.4. The summed E-state index contributed by atoms with van der Waals surface area (Å²) in [6.07, 6.45) is 1.27. The van der Waals surface area contributed by atoms with Crippen molar-refractivity contribution in [2.75, 3.05) is 6.54 Å². The average molecular weight is 227 g/mol. The number of amides is 1. The van der Waals surface area contributed by atoms with Gasteiger partial charge in [0.1, 0.15) is 5.78 Å². The Labute approximate surface area is 99.0 Å². The van der Waals surface area contributed by atoms with E-state index >= 15 is 0 Å². The molecule has 1 N–H and O–H groups in total. The third-order valence-corrected chi connectivity index (χ3v) is 2.08. The number of carbonyl (C=O) groups excluding carboxylic acids is 2. The van der Waals surface area contributed by atoms with Crippen LogP contribution in [0.4, 0.5) is 0 Å². The van der Waals surface area contributed by atoms with Crippen molar-refractivity contribution < 1.29 is 9.59 Å². The third kappa shape index (κ3) is 9.69. The Hall–Kier alpha value is -0.860. The number of ketones is 1. The Morgan fingerprint density at radius 3 is 2.12 bits per heavy atom. The van der Waals surface area contributed by atoms with E-state index in [4.69, 9.17) is 0 Å². The smallest absolute Gasteiger partial charge is 0.220 e. The molecule has 0 saturated carbocycles. The lowest BCUT2D eigenvalue weighted by Crippen LogP contribution is -2.32. The molecule has 16 heavy (non-hydrogen) atoms. The summed E-state index contributed by atoms with van der Waals surface area (Å²) in [5, 5.41) is 2.84. The largest absolute Gasteiger partial charge is 0.356 e. The number of Topliss-reactive ketones (excluding diaryl/α,β-unsaturated/α-hetero) is 1. The monoisotopic (exact) mass is 227 g/mol. The molecule has 1 amide bonds. The molecule has 0 radical (unpaired) electrons. The Bertz CT molecular complexity index is 239. The van der Waals surface area contributed by atoms with Crippen LogP contribution < -0.4 is 5.32 Å². The zero-order chi connectivity index (χ0) is 12.8. The Balaban J connectivity index is 3.70. The van der Waals surface area contributed by atoms with Crippen molar-refractivity contribution in [2.45, 2.75) is 53.9 Å². The van der Waals surface area contributed by atoms with E-state index in [1.165, 1.54) is 0 Å². The Kier molecular flexibility index (Phi) is 6.31. The van der Waals surface area contributed by atoms with E-state index in [2.05, 4.69) is 26.1 Å². The van der Waals surface area contributed by atoms with Gasteiger partial charge in [0.2, 0.25) is 5.91 Å². The molecule has 0 aliphatic carbocycles. The number of carbonyl (C=O) groups is 2. The van der Waals surface area contributed by atoms with Crippen molar-refractivity contribution >= 4 is 11.7 Å². The van der Waals surface area contributed by atoms with Crippen LogP contribution in [0.1, 0.15) is 53.9 Å². The Morgan fingerprint density at radius 2 is 1.69 bits per heavy atom. The predicted molar refractivity (Wildman–Crippen MR) is 66.2 cm³/mol. The maximum atomic E-state index is 11.4. The lowest BCUT2D eigenvalue weighted by Gasteiger charge is -2.18. The average Bonchev–Trinajstić information content (AvgIpc) is 2.09. The molecule has 0 unspecified atom stereocenters. The van der Waals surface area contributed by atoms with Gasteiger partial charge in [0.25, 0.3) is 0 Å². The molecule has 0 aromatic carbocycles. The molecule has 0 atom stereocenters. The van der Waals surface area contributed by atoms with Crippen LogP contribution in [-0.4, -0.2) is 18.2 Å². The van der Waals surface area contributed by atoms with Crippen LogP contribution in [0.5, 0.6) is 0 Å². The number of nitrogens with one attached hydrogen (secondary N) is 1. The van der Waals surface area contributed by atoms with Crippen molar-refractivity contribution in [1.29, 1.82) is 0 Å². The second-order valence-corrected chi connectivity index (χ2v) is 5.97. The second kappa shape index (κ2) is 6.66. The summed E-state index contributed by atoms with van der Waals surface area (Å²) >= 11 is 0. The molecule has 3 heteroatoms. The molecular weight excluding hydrogens is 202 g/mol.